The highest BCUT2D eigenvalue weighted by atomic mass is 15.1. The lowest BCUT2D eigenvalue weighted by Gasteiger charge is -2.28. The van der Waals surface area contributed by atoms with Gasteiger partial charge >= 0.3 is 0 Å². The Bertz CT molecular complexity index is 2190. The van der Waals surface area contributed by atoms with Crippen molar-refractivity contribution in [3.05, 3.63) is 116 Å². The molecule has 2 aromatic heterocycles. The zero-order chi connectivity index (χ0) is 27.7. The molecule has 0 atom stereocenters. The maximum atomic E-state index is 4.56. The van der Waals surface area contributed by atoms with Crippen LogP contribution in [0.1, 0.15) is 26.3 Å². The lowest BCUT2D eigenvalue weighted by molar-refractivity contribution is 0.596. The normalized spacial score (nSPS) is 12.3. The van der Waals surface area contributed by atoms with Crippen LogP contribution in [0.2, 0.25) is 0 Å². The van der Waals surface area contributed by atoms with Gasteiger partial charge in [-0.2, -0.15) is 0 Å². The Morgan fingerprint density at radius 1 is 0.537 bits per heavy atom. The van der Waals surface area contributed by atoms with Gasteiger partial charge in [-0.3, -0.25) is 0 Å². The van der Waals surface area contributed by atoms with E-state index in [1.807, 2.05) is 12.4 Å². The number of aromatic nitrogens is 4. The van der Waals surface area contributed by atoms with E-state index in [1.165, 1.54) is 37.9 Å². The van der Waals surface area contributed by atoms with Gasteiger partial charge in [0.15, 0.2) is 0 Å². The first-order chi connectivity index (χ1) is 20.0. The minimum atomic E-state index is 0.0388. The molecule has 41 heavy (non-hydrogen) atoms. The molecule has 0 radical (unpaired) electrons. The van der Waals surface area contributed by atoms with Crippen molar-refractivity contribution in [1.29, 1.82) is 0 Å². The number of fused-ring (bicyclic) bond motifs is 2. The van der Waals surface area contributed by atoms with Crippen molar-refractivity contribution in [2.45, 2.75) is 26.2 Å². The van der Waals surface area contributed by atoms with Gasteiger partial charge < -0.3 is 4.90 Å². The van der Waals surface area contributed by atoms with E-state index in [0.717, 1.165) is 38.9 Å². The van der Waals surface area contributed by atoms with Crippen LogP contribution in [0, 0.1) is 0 Å². The molecular formula is C36H27N5. The number of rotatable bonds is 3. The molecule has 0 aliphatic heterocycles. The molecule has 196 valence electrons. The standard InChI is InChI=1S/C36H27N5/c1-36(2,3)30-14-8-22-7-13-29-33(15-9-23-6-12-28(30)34(22)35(23)29)41(26-10-4-24-18-37-20-39-31(24)16-26)27-11-5-25-19-38-21-40-32(25)17-27/h4-21H,1-3H3. The zero-order valence-corrected chi connectivity index (χ0v) is 23.1. The van der Waals surface area contributed by atoms with E-state index in [9.17, 15) is 0 Å². The summed E-state index contributed by atoms with van der Waals surface area (Å²) in [6.07, 6.45) is 6.91. The topological polar surface area (TPSA) is 54.8 Å². The maximum Gasteiger partial charge on any atom is 0.116 e. The van der Waals surface area contributed by atoms with Gasteiger partial charge in [0.1, 0.15) is 12.7 Å². The third-order valence-corrected chi connectivity index (χ3v) is 8.19. The number of hydrogen-bond donors (Lipinski definition) is 0. The highest BCUT2D eigenvalue weighted by molar-refractivity contribution is 6.26. The minimum Gasteiger partial charge on any atom is -0.310 e. The first kappa shape index (κ1) is 23.7. The fourth-order valence-electron chi connectivity index (χ4n) is 6.26. The second-order valence-corrected chi connectivity index (χ2v) is 11.7. The van der Waals surface area contributed by atoms with Crippen LogP contribution >= 0.6 is 0 Å². The van der Waals surface area contributed by atoms with Crippen LogP contribution in [0.3, 0.4) is 0 Å². The van der Waals surface area contributed by atoms with Crippen LogP contribution in [0.5, 0.6) is 0 Å². The highest BCUT2D eigenvalue weighted by Gasteiger charge is 2.22. The van der Waals surface area contributed by atoms with Crippen LogP contribution in [-0.2, 0) is 5.41 Å². The second kappa shape index (κ2) is 8.67. The maximum absolute atomic E-state index is 4.56. The van der Waals surface area contributed by atoms with E-state index < -0.39 is 0 Å². The first-order valence-corrected chi connectivity index (χ1v) is 13.9. The third-order valence-electron chi connectivity index (χ3n) is 8.19. The van der Waals surface area contributed by atoms with Gasteiger partial charge in [-0.1, -0.05) is 63.2 Å². The number of benzene rings is 6. The Hall–Kier alpha value is -5.16. The molecule has 0 bridgehead atoms. The molecule has 0 unspecified atom stereocenters. The molecule has 0 spiro atoms. The fourth-order valence-corrected chi connectivity index (χ4v) is 6.26. The molecule has 0 fully saturated rings. The molecule has 5 heteroatoms. The van der Waals surface area contributed by atoms with Gasteiger partial charge in [0.25, 0.3) is 0 Å². The molecule has 2 heterocycles. The third kappa shape index (κ3) is 3.70. The monoisotopic (exact) mass is 529 g/mol. The predicted octanol–water partition coefficient (Wildman–Crippen LogP) is 9.24. The van der Waals surface area contributed by atoms with Gasteiger partial charge in [-0.05, 0) is 80.4 Å². The molecule has 0 saturated heterocycles. The molecule has 5 nitrogen and oxygen atoms in total. The average Bonchev–Trinajstić information content (AvgIpc) is 2.99. The summed E-state index contributed by atoms with van der Waals surface area (Å²) in [5, 5.41) is 9.66. The molecule has 0 aliphatic rings. The van der Waals surface area contributed by atoms with E-state index in [2.05, 4.69) is 131 Å². The lowest BCUT2D eigenvalue weighted by Crippen LogP contribution is -2.12. The Morgan fingerprint density at radius 3 is 1.66 bits per heavy atom. The van der Waals surface area contributed by atoms with Crippen LogP contribution in [0.25, 0.3) is 54.1 Å². The van der Waals surface area contributed by atoms with Crippen molar-refractivity contribution < 1.29 is 0 Å². The Labute approximate surface area is 237 Å². The summed E-state index contributed by atoms with van der Waals surface area (Å²) in [6, 6.07) is 30.9. The van der Waals surface area contributed by atoms with Crippen molar-refractivity contribution in [2.75, 3.05) is 4.90 Å². The molecule has 0 amide bonds. The molecule has 0 N–H and O–H groups in total. The van der Waals surface area contributed by atoms with E-state index in [0.29, 0.717) is 0 Å². The van der Waals surface area contributed by atoms with E-state index in [4.69, 9.17) is 0 Å². The summed E-state index contributed by atoms with van der Waals surface area (Å²) in [7, 11) is 0. The second-order valence-electron chi connectivity index (χ2n) is 11.7. The van der Waals surface area contributed by atoms with Crippen molar-refractivity contribution in [1.82, 2.24) is 19.9 Å². The van der Waals surface area contributed by atoms with Gasteiger partial charge in [0.2, 0.25) is 0 Å². The van der Waals surface area contributed by atoms with Gasteiger partial charge in [0, 0.05) is 39.9 Å². The number of anilines is 3. The Kier molecular flexibility index (Phi) is 5.01. The Balaban J connectivity index is 1.46. The van der Waals surface area contributed by atoms with E-state index in [1.54, 1.807) is 12.7 Å². The number of nitrogens with zero attached hydrogens (tertiary/aromatic N) is 5. The molecule has 6 aromatic carbocycles. The number of hydrogen-bond acceptors (Lipinski definition) is 5. The zero-order valence-electron chi connectivity index (χ0n) is 23.1. The molecular weight excluding hydrogens is 502 g/mol. The summed E-state index contributed by atoms with van der Waals surface area (Å²) in [5.41, 5.74) is 6.36. The summed E-state index contributed by atoms with van der Waals surface area (Å²) >= 11 is 0. The predicted molar refractivity (Wildman–Crippen MR) is 170 cm³/mol. The van der Waals surface area contributed by atoms with Gasteiger partial charge in [0.05, 0.1) is 16.7 Å². The average molecular weight is 530 g/mol. The highest BCUT2D eigenvalue weighted by Crippen LogP contribution is 2.45. The van der Waals surface area contributed by atoms with Crippen molar-refractivity contribution >= 4 is 71.2 Å². The smallest absolute Gasteiger partial charge is 0.116 e. The molecule has 0 aliphatic carbocycles. The van der Waals surface area contributed by atoms with Crippen molar-refractivity contribution in [2.24, 2.45) is 0 Å². The molecule has 8 aromatic rings. The minimum absolute atomic E-state index is 0.0388. The first-order valence-electron chi connectivity index (χ1n) is 13.9. The van der Waals surface area contributed by atoms with Gasteiger partial charge in [-0.15, -0.1) is 0 Å². The van der Waals surface area contributed by atoms with Crippen LogP contribution < -0.4 is 4.90 Å². The fraction of sp³-hybridized carbons (Fsp3) is 0.111. The van der Waals surface area contributed by atoms with Crippen LogP contribution in [0.15, 0.2) is 110 Å². The SMILES string of the molecule is CC(C)(C)c1ccc2ccc3c(N(c4ccc5cncnc5c4)c4ccc5cncnc5c4)ccc4ccc1c2c43. The van der Waals surface area contributed by atoms with E-state index >= 15 is 0 Å². The molecule has 0 saturated carbocycles. The summed E-state index contributed by atoms with van der Waals surface area (Å²) in [5.74, 6) is 0. The Morgan fingerprint density at radius 2 is 1.05 bits per heavy atom. The summed E-state index contributed by atoms with van der Waals surface area (Å²) in [4.78, 5) is 19.9. The van der Waals surface area contributed by atoms with Crippen molar-refractivity contribution in [3.8, 4) is 0 Å². The summed E-state index contributed by atoms with van der Waals surface area (Å²) < 4.78 is 0. The quantitative estimate of drug-likeness (QED) is 0.214. The van der Waals surface area contributed by atoms with Crippen LogP contribution in [0.4, 0.5) is 17.1 Å². The van der Waals surface area contributed by atoms with Crippen LogP contribution in [-0.4, -0.2) is 19.9 Å². The molecule has 8 rings (SSSR count). The largest absolute Gasteiger partial charge is 0.310 e. The van der Waals surface area contributed by atoms with E-state index in [-0.39, 0.29) is 5.41 Å². The summed E-state index contributed by atoms with van der Waals surface area (Å²) in [6.45, 7) is 6.87. The lowest BCUT2D eigenvalue weighted by atomic mass is 9.81. The van der Waals surface area contributed by atoms with Gasteiger partial charge in [-0.25, -0.2) is 19.9 Å². The van der Waals surface area contributed by atoms with Crippen molar-refractivity contribution in [3.63, 3.8) is 0 Å².